The summed E-state index contributed by atoms with van der Waals surface area (Å²) in [6, 6.07) is 0.243. The fourth-order valence-electron chi connectivity index (χ4n) is 3.29. The van der Waals surface area contributed by atoms with E-state index in [4.69, 9.17) is 9.84 Å². The number of thioether (sulfide) groups is 2. The van der Waals surface area contributed by atoms with Crippen molar-refractivity contribution in [2.24, 2.45) is 12.0 Å². The number of amides is 1. The van der Waals surface area contributed by atoms with Crippen LogP contribution in [-0.2, 0) is 16.6 Å². The molecule has 12 nitrogen and oxygen atoms in total. The Morgan fingerprint density at radius 3 is 3.07 bits per heavy atom. The number of carboxylic acid groups (broad SMARTS) is 1. The second-order valence-corrected chi connectivity index (χ2v) is 8.76. The molecule has 14 heteroatoms. The van der Waals surface area contributed by atoms with E-state index in [2.05, 4.69) is 31.2 Å². The Morgan fingerprint density at radius 1 is 1.54 bits per heavy atom. The summed E-state index contributed by atoms with van der Waals surface area (Å²) < 4.78 is 6.52. The second kappa shape index (κ2) is 6.55. The maximum atomic E-state index is 12.7. The first-order valence-electron chi connectivity index (χ1n) is 8.55. The first kappa shape index (κ1) is 17.6. The van der Waals surface area contributed by atoms with Gasteiger partial charge in [-0.15, -0.1) is 16.9 Å². The van der Waals surface area contributed by atoms with Crippen molar-refractivity contribution in [1.82, 2.24) is 35.7 Å². The number of guanidine groups is 1. The van der Waals surface area contributed by atoms with Crippen molar-refractivity contribution in [2.75, 3.05) is 11.5 Å². The molecule has 4 atom stereocenters. The molecule has 148 valence electrons. The van der Waals surface area contributed by atoms with E-state index in [1.165, 1.54) is 21.3 Å². The largest absolute Gasteiger partial charge is 0.512 e. The number of rotatable bonds is 5. The van der Waals surface area contributed by atoms with Gasteiger partial charge in [-0.3, -0.25) is 9.69 Å². The van der Waals surface area contributed by atoms with Crippen molar-refractivity contribution in [3.05, 3.63) is 11.5 Å². The van der Waals surface area contributed by atoms with Gasteiger partial charge in [0.25, 0.3) is 5.91 Å². The summed E-state index contributed by atoms with van der Waals surface area (Å²) in [5, 5.41) is 27.1. The summed E-state index contributed by atoms with van der Waals surface area (Å²) in [6.07, 6.45) is -0.412. The maximum Gasteiger partial charge on any atom is 0.512 e. The number of aryl methyl sites for hydroxylation is 1. The number of hydrogen-bond donors (Lipinski definition) is 3. The molecule has 2 fully saturated rings. The van der Waals surface area contributed by atoms with Crippen molar-refractivity contribution in [1.29, 1.82) is 0 Å². The van der Waals surface area contributed by atoms with Crippen LogP contribution in [0.1, 0.15) is 6.42 Å². The van der Waals surface area contributed by atoms with Crippen LogP contribution in [0.2, 0.25) is 0 Å². The lowest BCUT2D eigenvalue weighted by Gasteiger charge is -2.49. The van der Waals surface area contributed by atoms with Crippen LogP contribution in [0.15, 0.2) is 21.6 Å². The molecule has 5 rings (SSSR count). The van der Waals surface area contributed by atoms with Crippen molar-refractivity contribution < 1.29 is 19.4 Å². The van der Waals surface area contributed by atoms with Crippen LogP contribution in [0.5, 0.6) is 0 Å². The topological polar surface area (TPSA) is 147 Å². The lowest BCUT2D eigenvalue weighted by molar-refractivity contribution is -0.145. The number of ether oxygens (including phenoxy) is 1. The van der Waals surface area contributed by atoms with Gasteiger partial charge in [-0.05, 0) is 16.8 Å². The summed E-state index contributed by atoms with van der Waals surface area (Å²) in [7, 11) is 1.72. The zero-order chi connectivity index (χ0) is 19.4. The number of hydrogen-bond acceptors (Lipinski definition) is 11. The van der Waals surface area contributed by atoms with Crippen LogP contribution >= 0.6 is 23.5 Å². The van der Waals surface area contributed by atoms with Crippen molar-refractivity contribution >= 4 is 41.5 Å². The molecule has 1 aromatic rings. The number of carbonyl (C=O) groups excluding carboxylic acids is 1. The Bertz CT molecular complexity index is 917. The summed E-state index contributed by atoms with van der Waals surface area (Å²) in [6.45, 7) is 0. The molecule has 3 aliphatic heterocycles. The molecule has 0 radical (unpaired) electrons. The van der Waals surface area contributed by atoms with Gasteiger partial charge >= 0.3 is 6.16 Å². The second-order valence-electron chi connectivity index (χ2n) is 6.71. The number of nitrogens with one attached hydrogen (secondary N) is 2. The van der Waals surface area contributed by atoms with Crippen molar-refractivity contribution in [3.8, 4) is 0 Å². The number of aliphatic imine (C=N–C) groups is 1. The first-order valence-corrected chi connectivity index (χ1v) is 10.6. The summed E-state index contributed by atoms with van der Waals surface area (Å²) in [5.41, 5.74) is 0.709. The van der Waals surface area contributed by atoms with E-state index in [1.54, 1.807) is 18.8 Å². The van der Waals surface area contributed by atoms with Crippen molar-refractivity contribution in [2.45, 2.75) is 35.1 Å². The number of aromatic nitrogens is 4. The maximum absolute atomic E-state index is 12.7. The highest BCUT2D eigenvalue weighted by Gasteiger charge is 2.55. The van der Waals surface area contributed by atoms with Gasteiger partial charge < -0.3 is 20.5 Å². The Hall–Kier alpha value is -2.48. The third-order valence-corrected chi connectivity index (χ3v) is 7.24. The van der Waals surface area contributed by atoms with E-state index in [-0.39, 0.29) is 17.2 Å². The minimum atomic E-state index is -1.45. The zero-order valence-electron chi connectivity index (χ0n) is 14.6. The summed E-state index contributed by atoms with van der Waals surface area (Å²) >= 11 is 2.91. The molecule has 4 heterocycles. The van der Waals surface area contributed by atoms with Gasteiger partial charge in [0.2, 0.25) is 11.0 Å². The normalized spacial score (nSPS) is 30.1. The van der Waals surface area contributed by atoms with Crippen LogP contribution in [0.4, 0.5) is 4.79 Å². The Balaban J connectivity index is 1.32. The lowest BCUT2D eigenvalue weighted by atomic mass is 10.1. The standard InChI is InChI=1S/C14H16N8O4S2/c1-21-13(18-19-20-21)28-4-5-3-27-11-8(17-12-15-6-2-7(6)16-12)9(23)22(11)10(5)26-14(24)25/h6-8,11H,2-4H2,1H3,(H,24,25)(H2,15,16,17)/t6?,7?,8?,11-/m0/s1. The minimum absolute atomic E-state index is 0.0890. The van der Waals surface area contributed by atoms with Crippen LogP contribution in [0, 0.1) is 0 Å². The van der Waals surface area contributed by atoms with Crippen LogP contribution in [0.25, 0.3) is 0 Å². The quantitative estimate of drug-likeness (QED) is 0.309. The monoisotopic (exact) mass is 424 g/mol. The van der Waals surface area contributed by atoms with E-state index in [0.29, 0.717) is 40.3 Å². The number of fused-ring (bicyclic) bond motifs is 2. The smallest absolute Gasteiger partial charge is 0.449 e. The number of β-lactam (4-membered cyclic amide) rings is 1. The van der Waals surface area contributed by atoms with Gasteiger partial charge in [0.1, 0.15) is 11.4 Å². The van der Waals surface area contributed by atoms with E-state index < -0.39 is 12.2 Å². The fourth-order valence-corrected chi connectivity index (χ4v) is 5.59. The summed E-state index contributed by atoms with van der Waals surface area (Å²) in [5.74, 6) is 1.45. The third-order valence-electron chi connectivity index (χ3n) is 4.80. The zero-order valence-corrected chi connectivity index (χ0v) is 16.2. The number of tetrazole rings is 1. The molecule has 1 saturated carbocycles. The van der Waals surface area contributed by atoms with Crippen LogP contribution in [0.3, 0.4) is 0 Å². The molecular formula is C14H16N8O4S2. The molecule has 1 aliphatic carbocycles. The van der Waals surface area contributed by atoms with E-state index in [1.807, 2.05) is 0 Å². The van der Waals surface area contributed by atoms with E-state index in [9.17, 15) is 9.59 Å². The van der Waals surface area contributed by atoms with E-state index >= 15 is 0 Å². The average Bonchev–Trinajstić information content (AvgIpc) is 3.06. The molecule has 0 bridgehead atoms. The number of carbonyl (C=O) groups is 2. The van der Waals surface area contributed by atoms with E-state index in [0.717, 1.165) is 6.42 Å². The predicted molar refractivity (Wildman–Crippen MR) is 98.4 cm³/mol. The molecule has 3 unspecified atom stereocenters. The highest BCUT2D eigenvalue weighted by molar-refractivity contribution is 8.01. The highest BCUT2D eigenvalue weighted by atomic mass is 32.2. The third kappa shape index (κ3) is 2.96. The lowest BCUT2D eigenvalue weighted by Crippen LogP contribution is -2.71. The molecule has 0 aromatic carbocycles. The molecule has 1 saturated heterocycles. The van der Waals surface area contributed by atoms with Gasteiger partial charge in [-0.25, -0.2) is 14.5 Å². The average molecular weight is 424 g/mol. The van der Waals surface area contributed by atoms with Gasteiger partial charge in [-0.2, -0.15) is 0 Å². The van der Waals surface area contributed by atoms with Gasteiger partial charge in [0.15, 0.2) is 5.96 Å². The fraction of sp³-hybridized carbons (Fsp3) is 0.571. The van der Waals surface area contributed by atoms with Crippen LogP contribution in [-0.4, -0.2) is 83.2 Å². The Morgan fingerprint density at radius 2 is 2.39 bits per heavy atom. The highest BCUT2D eigenvalue weighted by Crippen LogP contribution is 2.42. The first-order chi connectivity index (χ1) is 13.5. The SMILES string of the molecule is Cn1nnnc1SCC1=C(OC(=O)O)N2C(=O)C(NC3=NC4CC4N3)[C@@H]2SC1. The van der Waals surface area contributed by atoms with Gasteiger partial charge in [0.05, 0.1) is 12.1 Å². The molecule has 4 aliphatic rings. The predicted octanol–water partition coefficient (Wildman–Crippen LogP) is -0.818. The Kier molecular flexibility index (Phi) is 4.12. The molecular weight excluding hydrogens is 408 g/mol. The van der Waals surface area contributed by atoms with Crippen LogP contribution < -0.4 is 10.6 Å². The molecule has 3 N–H and O–H groups in total. The van der Waals surface area contributed by atoms with Crippen molar-refractivity contribution in [3.63, 3.8) is 0 Å². The van der Waals surface area contributed by atoms with Gasteiger partial charge in [-0.1, -0.05) is 11.8 Å². The molecule has 0 spiro atoms. The number of nitrogens with zero attached hydrogens (tertiary/aromatic N) is 6. The summed E-state index contributed by atoms with van der Waals surface area (Å²) in [4.78, 5) is 29.8. The molecule has 1 aromatic heterocycles. The molecule has 1 amide bonds. The minimum Gasteiger partial charge on any atom is -0.449 e. The van der Waals surface area contributed by atoms with Gasteiger partial charge in [0, 0.05) is 24.1 Å². The Labute approximate surface area is 167 Å². The molecule has 28 heavy (non-hydrogen) atoms.